The number of nitrogens with two attached hydrogens (primary N) is 1. The van der Waals surface area contributed by atoms with Gasteiger partial charge in [0.25, 0.3) is 0 Å². The lowest BCUT2D eigenvalue weighted by molar-refractivity contribution is -0.143. The summed E-state index contributed by atoms with van der Waals surface area (Å²) in [5.74, 6) is 0. The maximum Gasteiger partial charge on any atom is 0.172 e. The first-order valence-corrected chi connectivity index (χ1v) is 14.6. The molecule has 218 valence electrons. The fourth-order valence-electron chi connectivity index (χ4n) is 3.32. The van der Waals surface area contributed by atoms with Gasteiger partial charge in [-0.15, -0.1) is 23.4 Å². The van der Waals surface area contributed by atoms with E-state index < -0.39 is 23.9 Å². The maximum absolute atomic E-state index is 10.5. The molecular weight excluding hydrogens is 518 g/mol. The van der Waals surface area contributed by atoms with Gasteiger partial charge < -0.3 is 41.2 Å². The van der Waals surface area contributed by atoms with Crippen molar-refractivity contribution in [2.24, 2.45) is 5.73 Å². The molecule has 0 saturated heterocycles. The van der Waals surface area contributed by atoms with Crippen LogP contribution in [0.1, 0.15) is 59.3 Å². The van der Waals surface area contributed by atoms with Crippen LogP contribution in [0.25, 0.3) is 0 Å². The van der Waals surface area contributed by atoms with Crippen LogP contribution < -0.4 is 16.4 Å². The third-order valence-electron chi connectivity index (χ3n) is 5.53. The van der Waals surface area contributed by atoms with E-state index in [4.69, 9.17) is 27.2 Å². The van der Waals surface area contributed by atoms with E-state index >= 15 is 0 Å². The minimum atomic E-state index is -1.16. The normalized spacial score (nSPS) is 21.8. The van der Waals surface area contributed by atoms with E-state index in [-0.39, 0.29) is 18.0 Å². The molecule has 11 heteroatoms. The number of allylic oxidation sites excluding steroid dienone is 2. The van der Waals surface area contributed by atoms with Crippen LogP contribution >= 0.6 is 23.4 Å². The molecule has 37 heavy (non-hydrogen) atoms. The van der Waals surface area contributed by atoms with Gasteiger partial charge in [0.1, 0.15) is 18.0 Å². The number of aliphatic hydroxyl groups is 3. The highest BCUT2D eigenvalue weighted by atomic mass is 35.5. The lowest BCUT2D eigenvalue weighted by Gasteiger charge is -2.26. The third-order valence-corrected chi connectivity index (χ3v) is 6.79. The SMILES string of the molecule is CCO.CNC1CCCC1.CSC(O[C@@H](O)C(N)C(C)Cl)C(C)O.O=C/C=C/C1=CCC(C=O)NCC1. The van der Waals surface area contributed by atoms with Gasteiger partial charge in [-0.2, -0.15) is 0 Å². The number of aldehydes is 2. The molecule has 1 heterocycles. The number of aliphatic hydroxyl groups excluding tert-OH is 3. The topological polar surface area (TPSA) is 154 Å². The van der Waals surface area contributed by atoms with Gasteiger partial charge >= 0.3 is 0 Å². The van der Waals surface area contributed by atoms with Crippen molar-refractivity contribution in [1.29, 1.82) is 0 Å². The Morgan fingerprint density at radius 1 is 1.30 bits per heavy atom. The number of rotatable bonds is 10. The Balaban J connectivity index is 0. The van der Waals surface area contributed by atoms with E-state index in [2.05, 4.69) is 17.7 Å². The highest BCUT2D eigenvalue weighted by Gasteiger charge is 2.25. The smallest absolute Gasteiger partial charge is 0.172 e. The van der Waals surface area contributed by atoms with Crippen LogP contribution in [0.15, 0.2) is 23.8 Å². The first-order valence-electron chi connectivity index (χ1n) is 12.8. The first-order chi connectivity index (χ1) is 17.6. The zero-order valence-corrected chi connectivity index (χ0v) is 24.6. The van der Waals surface area contributed by atoms with E-state index in [1.165, 1.54) is 43.5 Å². The number of hydrogen-bond donors (Lipinski definition) is 6. The van der Waals surface area contributed by atoms with Crippen LogP contribution in [0.3, 0.4) is 0 Å². The zero-order chi connectivity index (χ0) is 28.6. The average Bonchev–Trinajstić information content (AvgIpc) is 3.31. The highest BCUT2D eigenvalue weighted by molar-refractivity contribution is 7.99. The van der Waals surface area contributed by atoms with Crippen LogP contribution in [0.5, 0.6) is 0 Å². The minimum absolute atomic E-state index is 0.0675. The Bertz CT molecular complexity index is 619. The molecule has 7 N–H and O–H groups in total. The summed E-state index contributed by atoms with van der Waals surface area (Å²) in [6.07, 6.45) is 14.2. The van der Waals surface area contributed by atoms with Crippen LogP contribution in [0.4, 0.5) is 0 Å². The number of halogens is 1. The number of ether oxygens (including phenoxy) is 1. The second kappa shape index (κ2) is 25.5. The Labute approximate surface area is 232 Å². The Morgan fingerprint density at radius 3 is 2.30 bits per heavy atom. The van der Waals surface area contributed by atoms with Gasteiger partial charge in [-0.25, -0.2) is 0 Å². The molecule has 2 aliphatic rings. The molecule has 2 rings (SSSR count). The van der Waals surface area contributed by atoms with Crippen molar-refractivity contribution in [2.45, 2.75) is 101 Å². The highest BCUT2D eigenvalue weighted by Crippen LogP contribution is 2.17. The van der Waals surface area contributed by atoms with Crippen molar-refractivity contribution in [3.8, 4) is 0 Å². The molecule has 9 nitrogen and oxygen atoms in total. The Morgan fingerprint density at radius 2 is 1.89 bits per heavy atom. The van der Waals surface area contributed by atoms with Crippen LogP contribution in [0.2, 0.25) is 0 Å². The average molecular weight is 568 g/mol. The summed E-state index contributed by atoms with van der Waals surface area (Å²) in [4.78, 5) is 20.5. The van der Waals surface area contributed by atoms with Gasteiger partial charge in [-0.1, -0.05) is 30.6 Å². The number of hydrogen-bond acceptors (Lipinski definition) is 10. The number of thioether (sulfide) groups is 1. The molecule has 1 aliphatic heterocycles. The van der Waals surface area contributed by atoms with Gasteiger partial charge in [0.2, 0.25) is 0 Å². The van der Waals surface area contributed by atoms with Crippen LogP contribution in [-0.2, 0) is 14.3 Å². The molecule has 1 fully saturated rings. The predicted octanol–water partition coefficient (Wildman–Crippen LogP) is 2.11. The van der Waals surface area contributed by atoms with E-state index in [9.17, 15) is 19.8 Å². The quantitative estimate of drug-likeness (QED) is 0.100. The van der Waals surface area contributed by atoms with E-state index in [0.717, 1.165) is 37.2 Å². The van der Waals surface area contributed by atoms with E-state index in [1.54, 1.807) is 33.1 Å². The summed E-state index contributed by atoms with van der Waals surface area (Å²) in [5.41, 5.74) is 6.19. The molecule has 1 aliphatic carbocycles. The number of carbonyl (C=O) groups excluding carboxylic acids is 2. The zero-order valence-electron chi connectivity index (χ0n) is 23.0. The Hall–Kier alpha value is -0.820. The second-order valence-electron chi connectivity index (χ2n) is 8.67. The molecule has 0 amide bonds. The number of nitrogens with one attached hydrogen (secondary N) is 2. The molecule has 5 unspecified atom stereocenters. The minimum Gasteiger partial charge on any atom is -0.397 e. The number of alkyl halides is 1. The summed E-state index contributed by atoms with van der Waals surface area (Å²) in [7, 11) is 2.05. The van der Waals surface area contributed by atoms with Crippen molar-refractivity contribution in [3.05, 3.63) is 23.8 Å². The first kappa shape index (κ1) is 38.3. The van der Waals surface area contributed by atoms with Crippen molar-refractivity contribution in [2.75, 3.05) is 26.5 Å². The molecule has 0 aromatic carbocycles. The second-order valence-corrected chi connectivity index (χ2v) is 10.3. The lowest BCUT2D eigenvalue weighted by Crippen LogP contribution is -2.45. The molecule has 0 bridgehead atoms. The predicted molar refractivity (Wildman–Crippen MR) is 154 cm³/mol. The van der Waals surface area contributed by atoms with Crippen molar-refractivity contribution < 1.29 is 29.6 Å². The lowest BCUT2D eigenvalue weighted by atomic mass is 10.1. The molecule has 0 aromatic heterocycles. The van der Waals surface area contributed by atoms with Crippen molar-refractivity contribution in [1.82, 2.24) is 10.6 Å². The fraction of sp³-hybridized carbons (Fsp3) is 0.769. The van der Waals surface area contributed by atoms with Crippen LogP contribution in [0, 0.1) is 0 Å². The van der Waals surface area contributed by atoms with Gasteiger partial charge in [-0.05, 0) is 72.4 Å². The standard InChI is InChI=1S/C10H13NO2.C8H18ClNO3S.C6H13N.C2H6O/c12-7-1-2-9-3-4-10(8-13)11-6-5-9;1-4(9)6(10)7(12)13-8(14-3)5(2)11;1-7-6-4-2-3-5-6;1-2-3/h1-3,7-8,10-11H,4-6H2;4-8,11-12H,10H2,1-3H3;6-7H,2-5H2,1H3;3H,2H2,1H3/b2-1+;;;/t;4?,5?,6?,7-,8?;;/m.1../s1. The summed E-state index contributed by atoms with van der Waals surface area (Å²) < 4.78 is 5.14. The summed E-state index contributed by atoms with van der Waals surface area (Å²) in [6.45, 7) is 5.98. The van der Waals surface area contributed by atoms with Crippen molar-refractivity contribution >= 4 is 35.9 Å². The molecule has 0 spiro atoms. The van der Waals surface area contributed by atoms with Gasteiger partial charge in [-0.3, -0.25) is 4.79 Å². The van der Waals surface area contributed by atoms with Gasteiger partial charge in [0, 0.05) is 12.6 Å². The number of carbonyl (C=O) groups is 2. The largest absolute Gasteiger partial charge is 0.397 e. The van der Waals surface area contributed by atoms with Crippen molar-refractivity contribution in [3.63, 3.8) is 0 Å². The van der Waals surface area contributed by atoms with Gasteiger partial charge in [0.15, 0.2) is 6.29 Å². The molecule has 0 radical (unpaired) electrons. The molecule has 0 aromatic rings. The molecule has 1 saturated carbocycles. The van der Waals surface area contributed by atoms with Gasteiger partial charge in [0.05, 0.1) is 23.6 Å². The maximum atomic E-state index is 10.5. The van der Waals surface area contributed by atoms with Crippen LogP contribution in [-0.4, -0.2) is 95.7 Å². The Kier molecular flexibility index (Phi) is 26.4. The van der Waals surface area contributed by atoms with E-state index in [1.807, 2.05) is 6.08 Å². The fourth-order valence-corrected chi connectivity index (χ4v) is 4.06. The monoisotopic (exact) mass is 567 g/mol. The third kappa shape index (κ3) is 20.8. The molecular formula is C26H50ClN3O6S. The summed E-state index contributed by atoms with van der Waals surface area (Å²) in [6, 6.07) is 0.118. The molecule has 6 atom stereocenters. The summed E-state index contributed by atoms with van der Waals surface area (Å²) >= 11 is 7.00. The summed E-state index contributed by atoms with van der Waals surface area (Å²) in [5, 5.41) is 32.3. The van der Waals surface area contributed by atoms with E-state index in [0.29, 0.717) is 6.42 Å².